The molecule has 4 unspecified atom stereocenters. The molecule has 0 amide bonds. The number of aromatic nitrogens is 1. The minimum Gasteiger partial charge on any atom is -0.271 e. The van der Waals surface area contributed by atoms with Gasteiger partial charge in [-0.1, -0.05) is 18.6 Å². The van der Waals surface area contributed by atoms with Gasteiger partial charge in [0.2, 0.25) is 0 Å². The van der Waals surface area contributed by atoms with Crippen LogP contribution in [-0.2, 0) is 0 Å². The zero-order valence-electron chi connectivity index (χ0n) is 12.5. The zero-order valence-corrected chi connectivity index (χ0v) is 12.5. The molecule has 2 aromatic rings. The summed E-state index contributed by atoms with van der Waals surface area (Å²) >= 11 is 0. The molecule has 110 valence electrons. The number of aryl methyl sites for hydroxylation is 1. The van der Waals surface area contributed by atoms with Gasteiger partial charge in [0.05, 0.1) is 5.52 Å². The highest BCUT2D eigenvalue weighted by molar-refractivity contribution is 5.79. The first-order valence-corrected chi connectivity index (χ1v) is 8.08. The molecule has 4 atom stereocenters. The third kappa shape index (κ3) is 2.25. The second kappa shape index (κ2) is 5.08. The van der Waals surface area contributed by atoms with Crippen LogP contribution in [0.4, 0.5) is 0 Å². The van der Waals surface area contributed by atoms with E-state index in [-0.39, 0.29) is 6.04 Å². The summed E-state index contributed by atoms with van der Waals surface area (Å²) in [6, 6.07) is 11.1. The summed E-state index contributed by atoms with van der Waals surface area (Å²) in [4.78, 5) is 4.59. The van der Waals surface area contributed by atoms with Crippen LogP contribution >= 0.6 is 0 Å². The number of nitrogens with two attached hydrogens (primary N) is 1. The molecule has 0 spiro atoms. The first-order valence-electron chi connectivity index (χ1n) is 8.08. The molecule has 1 heterocycles. The van der Waals surface area contributed by atoms with Crippen LogP contribution in [0.25, 0.3) is 10.9 Å². The van der Waals surface area contributed by atoms with E-state index in [2.05, 4.69) is 40.7 Å². The van der Waals surface area contributed by atoms with Gasteiger partial charge in [-0.2, -0.15) is 0 Å². The van der Waals surface area contributed by atoms with E-state index in [1.54, 1.807) is 0 Å². The Morgan fingerprint density at radius 2 is 2.10 bits per heavy atom. The third-order valence-electron chi connectivity index (χ3n) is 5.61. The molecule has 0 radical (unpaired) electrons. The van der Waals surface area contributed by atoms with Gasteiger partial charge < -0.3 is 0 Å². The molecule has 3 heteroatoms. The number of fused-ring (bicyclic) bond motifs is 3. The zero-order chi connectivity index (χ0) is 14.4. The Bertz CT molecular complexity index is 667. The van der Waals surface area contributed by atoms with Crippen molar-refractivity contribution in [2.75, 3.05) is 0 Å². The van der Waals surface area contributed by atoms with Crippen LogP contribution in [-0.4, -0.2) is 4.98 Å². The van der Waals surface area contributed by atoms with E-state index in [1.807, 2.05) is 6.92 Å². The minimum absolute atomic E-state index is 0.283. The van der Waals surface area contributed by atoms with Gasteiger partial charge in [0.1, 0.15) is 0 Å². The molecule has 2 fully saturated rings. The van der Waals surface area contributed by atoms with Crippen LogP contribution in [0.5, 0.6) is 0 Å². The number of rotatable bonds is 3. The monoisotopic (exact) mass is 281 g/mol. The number of hydrazine groups is 1. The minimum atomic E-state index is 0.283. The van der Waals surface area contributed by atoms with E-state index in [0.29, 0.717) is 5.92 Å². The van der Waals surface area contributed by atoms with Crippen molar-refractivity contribution in [1.29, 1.82) is 0 Å². The van der Waals surface area contributed by atoms with Crippen molar-refractivity contribution >= 4 is 10.9 Å². The molecular weight excluding hydrogens is 258 g/mol. The van der Waals surface area contributed by atoms with Gasteiger partial charge in [-0.3, -0.25) is 16.3 Å². The van der Waals surface area contributed by atoms with E-state index < -0.39 is 0 Å². The standard InChI is InChI=1S/C18H23N3/c1-11-2-4-14-10-15(6-7-17(14)20-11)18(21-19)16-9-12-3-5-13(16)8-12/h2,4,6-7,10,12-13,16,18,21H,3,5,8-9,19H2,1H3. The first-order chi connectivity index (χ1) is 10.2. The molecule has 2 saturated carbocycles. The molecule has 1 aromatic carbocycles. The number of pyridine rings is 1. The normalized spacial score (nSPS) is 29.1. The number of nitrogens with zero attached hydrogens (tertiary/aromatic N) is 1. The van der Waals surface area contributed by atoms with Gasteiger partial charge >= 0.3 is 0 Å². The van der Waals surface area contributed by atoms with Crippen LogP contribution in [0.1, 0.15) is 43.0 Å². The number of benzene rings is 1. The highest BCUT2D eigenvalue weighted by Crippen LogP contribution is 2.52. The Hall–Kier alpha value is -1.45. The SMILES string of the molecule is Cc1ccc2cc(C(NN)C3CC4CCC3C4)ccc2n1. The summed E-state index contributed by atoms with van der Waals surface area (Å²) in [6.45, 7) is 2.03. The smallest absolute Gasteiger partial charge is 0.0705 e. The van der Waals surface area contributed by atoms with E-state index in [1.165, 1.54) is 36.6 Å². The molecule has 2 bridgehead atoms. The second-order valence-corrected chi connectivity index (χ2v) is 6.89. The van der Waals surface area contributed by atoms with Crippen molar-refractivity contribution in [1.82, 2.24) is 10.4 Å². The van der Waals surface area contributed by atoms with E-state index in [9.17, 15) is 0 Å². The summed E-state index contributed by atoms with van der Waals surface area (Å²) in [6.07, 6.45) is 5.57. The molecule has 1 aromatic heterocycles. The fourth-order valence-corrected chi connectivity index (χ4v) is 4.61. The molecule has 2 aliphatic rings. The van der Waals surface area contributed by atoms with Gasteiger partial charge in [-0.15, -0.1) is 0 Å². The maximum absolute atomic E-state index is 5.92. The Morgan fingerprint density at radius 3 is 2.81 bits per heavy atom. The topological polar surface area (TPSA) is 50.9 Å². The summed E-state index contributed by atoms with van der Waals surface area (Å²) < 4.78 is 0. The maximum Gasteiger partial charge on any atom is 0.0705 e. The quantitative estimate of drug-likeness (QED) is 0.669. The van der Waals surface area contributed by atoms with Crippen LogP contribution in [0.15, 0.2) is 30.3 Å². The average molecular weight is 281 g/mol. The number of hydrogen-bond donors (Lipinski definition) is 2. The highest BCUT2D eigenvalue weighted by atomic mass is 15.2. The summed E-state index contributed by atoms with van der Waals surface area (Å²) in [7, 11) is 0. The predicted octanol–water partition coefficient (Wildman–Crippen LogP) is 3.48. The maximum atomic E-state index is 5.92. The van der Waals surface area contributed by atoms with Crippen LogP contribution in [0.3, 0.4) is 0 Å². The van der Waals surface area contributed by atoms with Gasteiger partial charge in [-0.05, 0) is 67.7 Å². The lowest BCUT2D eigenvalue weighted by Crippen LogP contribution is -2.35. The van der Waals surface area contributed by atoms with E-state index in [4.69, 9.17) is 5.84 Å². The van der Waals surface area contributed by atoms with Crippen LogP contribution < -0.4 is 11.3 Å². The van der Waals surface area contributed by atoms with Crippen molar-refractivity contribution in [3.63, 3.8) is 0 Å². The summed E-state index contributed by atoms with van der Waals surface area (Å²) in [5.41, 5.74) is 6.55. The lowest BCUT2D eigenvalue weighted by Gasteiger charge is -2.30. The van der Waals surface area contributed by atoms with Crippen molar-refractivity contribution < 1.29 is 0 Å². The third-order valence-corrected chi connectivity index (χ3v) is 5.61. The first kappa shape index (κ1) is 13.2. The molecule has 3 nitrogen and oxygen atoms in total. The van der Waals surface area contributed by atoms with Crippen LogP contribution in [0, 0.1) is 24.7 Å². The number of nitrogens with one attached hydrogen (secondary N) is 1. The van der Waals surface area contributed by atoms with Crippen molar-refractivity contribution in [2.24, 2.45) is 23.6 Å². The van der Waals surface area contributed by atoms with Gasteiger partial charge in [-0.25, -0.2) is 0 Å². The fourth-order valence-electron chi connectivity index (χ4n) is 4.61. The lowest BCUT2D eigenvalue weighted by atomic mass is 9.80. The molecule has 21 heavy (non-hydrogen) atoms. The Morgan fingerprint density at radius 1 is 1.19 bits per heavy atom. The summed E-state index contributed by atoms with van der Waals surface area (Å²) in [5.74, 6) is 8.43. The van der Waals surface area contributed by atoms with Gasteiger partial charge in [0.15, 0.2) is 0 Å². The van der Waals surface area contributed by atoms with Crippen molar-refractivity contribution in [2.45, 2.75) is 38.6 Å². The van der Waals surface area contributed by atoms with E-state index in [0.717, 1.165) is 23.0 Å². The highest BCUT2D eigenvalue weighted by Gasteiger charge is 2.43. The molecule has 4 rings (SSSR count). The van der Waals surface area contributed by atoms with Crippen molar-refractivity contribution in [3.05, 3.63) is 41.6 Å². The number of hydrogen-bond acceptors (Lipinski definition) is 3. The molecule has 0 aliphatic heterocycles. The Kier molecular flexibility index (Phi) is 3.20. The second-order valence-electron chi connectivity index (χ2n) is 6.89. The summed E-state index contributed by atoms with van der Waals surface area (Å²) in [5, 5.41) is 1.21. The van der Waals surface area contributed by atoms with Gasteiger partial charge in [0.25, 0.3) is 0 Å². The molecule has 2 aliphatic carbocycles. The Labute approximate surface area is 125 Å². The van der Waals surface area contributed by atoms with Crippen molar-refractivity contribution in [3.8, 4) is 0 Å². The lowest BCUT2D eigenvalue weighted by molar-refractivity contribution is 0.252. The fraction of sp³-hybridized carbons (Fsp3) is 0.500. The molecule has 0 saturated heterocycles. The largest absolute Gasteiger partial charge is 0.271 e. The van der Waals surface area contributed by atoms with Crippen LogP contribution in [0.2, 0.25) is 0 Å². The molecular formula is C18H23N3. The molecule has 3 N–H and O–H groups in total. The predicted molar refractivity (Wildman–Crippen MR) is 85.5 cm³/mol. The average Bonchev–Trinajstić information content (AvgIpc) is 3.11. The van der Waals surface area contributed by atoms with E-state index >= 15 is 0 Å². The van der Waals surface area contributed by atoms with Gasteiger partial charge in [0, 0.05) is 17.1 Å². The Balaban J connectivity index is 1.68.